The van der Waals surface area contributed by atoms with Crippen molar-refractivity contribution < 1.29 is 38.9 Å². The van der Waals surface area contributed by atoms with Gasteiger partial charge in [0.25, 0.3) is 5.56 Å². The molecule has 0 unspecified atom stereocenters. The summed E-state index contributed by atoms with van der Waals surface area (Å²) in [6.45, 7) is -1.31. The Bertz CT molecular complexity index is 784. The Morgan fingerprint density at radius 3 is 2.54 bits per heavy atom. The number of nitrogen functional groups attached to an aromatic ring is 1. The number of ether oxygens (including phenoxy) is 1. The van der Waals surface area contributed by atoms with Gasteiger partial charge < -0.3 is 44.7 Å². The highest BCUT2D eigenvalue weighted by molar-refractivity contribution is 7.43. The first-order valence-corrected chi connectivity index (χ1v) is 8.48. The van der Waals surface area contributed by atoms with Crippen molar-refractivity contribution in [3.63, 3.8) is 0 Å². The molecule has 2 heterocycles. The fourth-order valence-corrected chi connectivity index (χ4v) is 1.79. The summed E-state index contributed by atoms with van der Waals surface area (Å²) in [6.07, 6.45) is 0.365. The van der Waals surface area contributed by atoms with Crippen molar-refractivity contribution in [1.82, 2.24) is 19.5 Å². The van der Waals surface area contributed by atoms with Gasteiger partial charge in [0.05, 0.1) is 40.6 Å². The Morgan fingerprint density at radius 2 is 2.00 bits per heavy atom. The number of aliphatic hydroxyl groups is 3. The van der Waals surface area contributed by atoms with Gasteiger partial charge in [0.1, 0.15) is 12.8 Å². The lowest BCUT2D eigenvalue weighted by atomic mass is 10.4. The summed E-state index contributed by atoms with van der Waals surface area (Å²) in [6, 6.07) is 0. The highest BCUT2D eigenvalue weighted by Gasteiger charge is 2.08. The number of rotatable bonds is 8. The van der Waals surface area contributed by atoms with Crippen LogP contribution in [0.5, 0.6) is 0 Å². The summed E-state index contributed by atoms with van der Waals surface area (Å²) in [5.74, 6) is -0.0637. The largest absolute Gasteiger partial charge is 0.790 e. The lowest BCUT2D eigenvalue weighted by molar-refractivity contribution is -0.342. The number of nitrogens with two attached hydrogens (primary N) is 1. The van der Waals surface area contributed by atoms with E-state index in [1.54, 1.807) is 0 Å². The molecule has 0 atom stereocenters. The SMILES string of the molecule is Nc1nc2c(ncn2COCCOP(=O)([O-])[O-])c(=O)[nH]1.OCC(O)CO. The smallest absolute Gasteiger partial charge is 0.280 e. The van der Waals surface area contributed by atoms with Crippen LogP contribution in [0, 0.1) is 0 Å². The molecule has 0 aromatic carbocycles. The number of anilines is 1. The molecule has 15 heteroatoms. The van der Waals surface area contributed by atoms with E-state index in [0.29, 0.717) is 0 Å². The van der Waals surface area contributed by atoms with Crippen molar-refractivity contribution in [1.29, 1.82) is 0 Å². The molecule has 6 N–H and O–H groups in total. The topological polar surface area (TPSA) is 232 Å². The quantitative estimate of drug-likeness (QED) is 0.212. The Labute approximate surface area is 146 Å². The molecule has 2 rings (SSSR count). The normalized spacial score (nSPS) is 11.6. The van der Waals surface area contributed by atoms with Gasteiger partial charge in [0, 0.05) is 0 Å². The molecule has 148 valence electrons. The first-order valence-electron chi connectivity index (χ1n) is 7.02. The van der Waals surface area contributed by atoms with E-state index in [4.69, 9.17) is 25.8 Å². The maximum Gasteiger partial charge on any atom is 0.280 e. The molecule has 0 aliphatic rings. The molecular formula is C11H18N5O9P-2. The number of phosphoric acid groups is 1. The first kappa shape index (κ1) is 22.1. The molecule has 26 heavy (non-hydrogen) atoms. The van der Waals surface area contributed by atoms with Gasteiger partial charge in [-0.15, -0.1) is 0 Å². The monoisotopic (exact) mass is 395 g/mol. The molecule has 0 aliphatic carbocycles. The molecule has 0 saturated carbocycles. The number of nitrogens with zero attached hydrogens (tertiary/aromatic N) is 3. The summed E-state index contributed by atoms with van der Waals surface area (Å²) in [5, 5.41) is 24.0. The summed E-state index contributed by atoms with van der Waals surface area (Å²) in [7, 11) is -4.99. The zero-order valence-corrected chi connectivity index (χ0v) is 14.2. The maximum atomic E-state index is 11.5. The molecular weight excluding hydrogens is 377 g/mol. The Balaban J connectivity index is 0.000000487. The van der Waals surface area contributed by atoms with E-state index in [1.807, 2.05) is 0 Å². The molecule has 14 nitrogen and oxygen atoms in total. The number of aliphatic hydroxyl groups excluding tert-OH is 3. The van der Waals surface area contributed by atoms with Crippen LogP contribution < -0.4 is 21.1 Å². The summed E-state index contributed by atoms with van der Waals surface area (Å²) in [5.41, 5.74) is 5.26. The van der Waals surface area contributed by atoms with Crippen LogP contribution in [0.3, 0.4) is 0 Å². The van der Waals surface area contributed by atoms with Crippen LogP contribution in [0.2, 0.25) is 0 Å². The van der Waals surface area contributed by atoms with E-state index in [9.17, 15) is 19.1 Å². The molecule has 2 aromatic heterocycles. The number of aromatic amines is 1. The zero-order valence-electron chi connectivity index (χ0n) is 13.3. The molecule has 0 radical (unpaired) electrons. The van der Waals surface area contributed by atoms with Crippen LogP contribution in [0.25, 0.3) is 11.2 Å². The Hall–Kier alpha value is -1.90. The second-order valence-electron chi connectivity index (χ2n) is 4.67. The van der Waals surface area contributed by atoms with Gasteiger partial charge in [-0.3, -0.25) is 14.3 Å². The summed E-state index contributed by atoms with van der Waals surface area (Å²) >= 11 is 0. The van der Waals surface area contributed by atoms with Crippen LogP contribution in [0.1, 0.15) is 0 Å². The van der Waals surface area contributed by atoms with Gasteiger partial charge in [0.15, 0.2) is 11.2 Å². The molecule has 0 saturated heterocycles. The Morgan fingerprint density at radius 1 is 1.35 bits per heavy atom. The second-order valence-corrected chi connectivity index (χ2v) is 5.83. The number of H-pyrrole nitrogens is 1. The number of nitrogens with one attached hydrogen (secondary N) is 1. The van der Waals surface area contributed by atoms with E-state index in [-0.39, 0.29) is 43.7 Å². The highest BCUT2D eigenvalue weighted by atomic mass is 31.2. The highest BCUT2D eigenvalue weighted by Crippen LogP contribution is 2.23. The van der Waals surface area contributed by atoms with Crippen LogP contribution in [-0.4, -0.2) is 67.4 Å². The van der Waals surface area contributed by atoms with E-state index < -0.39 is 26.1 Å². The number of phosphoric ester groups is 1. The number of aromatic nitrogens is 4. The van der Waals surface area contributed by atoms with Crippen molar-refractivity contribution in [3.8, 4) is 0 Å². The minimum Gasteiger partial charge on any atom is -0.790 e. The minimum absolute atomic E-state index is 0.0578. The van der Waals surface area contributed by atoms with Gasteiger partial charge in [-0.05, 0) is 0 Å². The van der Waals surface area contributed by atoms with Crippen molar-refractivity contribution in [3.05, 3.63) is 16.7 Å². The van der Waals surface area contributed by atoms with Crippen LogP contribution in [0.4, 0.5) is 5.95 Å². The maximum absolute atomic E-state index is 11.5. The molecule has 0 fully saturated rings. The lowest BCUT2D eigenvalue weighted by Gasteiger charge is -2.28. The number of fused-ring (bicyclic) bond motifs is 1. The van der Waals surface area contributed by atoms with Gasteiger partial charge in [-0.25, -0.2) is 4.98 Å². The molecule has 0 spiro atoms. The Kier molecular flexibility index (Phi) is 8.77. The third-order valence-electron chi connectivity index (χ3n) is 2.62. The molecule has 0 aliphatic heterocycles. The fourth-order valence-electron chi connectivity index (χ4n) is 1.49. The zero-order chi connectivity index (χ0) is 19.7. The van der Waals surface area contributed by atoms with Crippen molar-refractivity contribution in [2.45, 2.75) is 12.8 Å². The van der Waals surface area contributed by atoms with E-state index in [0.717, 1.165) is 0 Å². The van der Waals surface area contributed by atoms with Crippen molar-refractivity contribution >= 4 is 24.9 Å². The molecule has 0 amide bonds. The number of hydrogen-bond acceptors (Lipinski definition) is 12. The number of hydrogen-bond donors (Lipinski definition) is 5. The second kappa shape index (κ2) is 10.3. The summed E-state index contributed by atoms with van der Waals surface area (Å²) in [4.78, 5) is 41.9. The minimum atomic E-state index is -4.99. The van der Waals surface area contributed by atoms with Crippen molar-refractivity contribution in [2.24, 2.45) is 0 Å². The van der Waals surface area contributed by atoms with E-state index in [1.165, 1.54) is 10.9 Å². The van der Waals surface area contributed by atoms with Crippen LogP contribution in [-0.2, 0) is 20.6 Å². The van der Waals surface area contributed by atoms with Crippen molar-refractivity contribution in [2.75, 3.05) is 32.2 Å². The van der Waals surface area contributed by atoms with Gasteiger partial charge >= 0.3 is 0 Å². The molecule has 2 aromatic rings. The van der Waals surface area contributed by atoms with Gasteiger partial charge in [-0.2, -0.15) is 4.98 Å². The van der Waals surface area contributed by atoms with E-state index in [2.05, 4.69) is 19.5 Å². The third-order valence-corrected chi connectivity index (χ3v) is 3.12. The van der Waals surface area contributed by atoms with Gasteiger partial charge in [0.2, 0.25) is 5.95 Å². The predicted molar refractivity (Wildman–Crippen MR) is 82.3 cm³/mol. The molecule has 0 bridgehead atoms. The van der Waals surface area contributed by atoms with Gasteiger partial charge in [-0.1, -0.05) is 0 Å². The van der Waals surface area contributed by atoms with E-state index >= 15 is 0 Å². The van der Waals surface area contributed by atoms with Crippen LogP contribution in [0.15, 0.2) is 11.1 Å². The first-order chi connectivity index (χ1) is 12.2. The fraction of sp³-hybridized carbons (Fsp3) is 0.545. The number of imidazole rings is 1. The van der Waals surface area contributed by atoms with Crippen LogP contribution >= 0.6 is 7.82 Å². The average Bonchev–Trinajstić information content (AvgIpc) is 2.96. The average molecular weight is 395 g/mol. The third kappa shape index (κ3) is 7.55. The lowest BCUT2D eigenvalue weighted by Crippen LogP contribution is -2.18. The standard InChI is InChI=1S/C8H12N5O6P.C3H8O3/c9-8-11-6-5(7(14)12-8)10-3-13(6)4-18-1-2-19-20(15,16)17;4-1-3(6)2-5/h3H,1-2,4H2,(H2,15,16,17)(H3,9,11,12,14);3-6H,1-2H2/p-2. The predicted octanol–water partition coefficient (Wildman–Crippen LogP) is -4.15. The summed E-state index contributed by atoms with van der Waals surface area (Å²) < 4.78 is 20.6.